The van der Waals surface area contributed by atoms with Crippen molar-refractivity contribution in [1.82, 2.24) is 14.7 Å². The van der Waals surface area contributed by atoms with Gasteiger partial charge in [-0.15, -0.1) is 11.3 Å². The van der Waals surface area contributed by atoms with Crippen molar-refractivity contribution in [1.29, 1.82) is 0 Å². The maximum atomic E-state index is 11.2. The van der Waals surface area contributed by atoms with Gasteiger partial charge in [0.15, 0.2) is 5.82 Å². The summed E-state index contributed by atoms with van der Waals surface area (Å²) in [5.74, 6) is 0.672. The van der Waals surface area contributed by atoms with Crippen LogP contribution in [0.1, 0.15) is 40.6 Å². The molecule has 7 heteroatoms. The number of carbonyl (C=O) groups is 1. The first-order chi connectivity index (χ1) is 13.9. The number of carboxylic acids is 1. The maximum absolute atomic E-state index is 11.2. The van der Waals surface area contributed by atoms with Crippen LogP contribution in [0, 0.1) is 20.8 Å². The molecular formula is C22H21N3O3S. The van der Waals surface area contributed by atoms with Crippen molar-refractivity contribution < 1.29 is 14.4 Å². The van der Waals surface area contributed by atoms with E-state index in [0.717, 1.165) is 49.3 Å². The van der Waals surface area contributed by atoms with E-state index < -0.39 is 5.97 Å². The van der Waals surface area contributed by atoms with Crippen molar-refractivity contribution in [3.63, 3.8) is 0 Å². The summed E-state index contributed by atoms with van der Waals surface area (Å²) in [6.45, 7) is 5.90. The Morgan fingerprint density at radius 3 is 2.69 bits per heavy atom. The van der Waals surface area contributed by atoms with Gasteiger partial charge in [-0.2, -0.15) is 0 Å². The average molecular weight is 407 g/mol. The van der Waals surface area contributed by atoms with E-state index in [-0.39, 0.29) is 6.42 Å². The normalized spacial score (nSPS) is 12.0. The molecule has 0 amide bonds. The molecule has 29 heavy (non-hydrogen) atoms. The van der Waals surface area contributed by atoms with Crippen LogP contribution in [0.5, 0.6) is 0 Å². The molecule has 0 bridgehead atoms. The molecule has 6 nitrogen and oxygen atoms in total. The monoisotopic (exact) mass is 407 g/mol. The number of para-hydroxylation sites is 1. The summed E-state index contributed by atoms with van der Waals surface area (Å²) in [6, 6.07) is 11.9. The molecule has 148 valence electrons. The number of thiazole rings is 1. The number of fused-ring (bicyclic) bond motifs is 1. The molecule has 1 N–H and O–H groups in total. The highest BCUT2D eigenvalue weighted by molar-refractivity contribution is 7.19. The van der Waals surface area contributed by atoms with Crippen molar-refractivity contribution in [2.45, 2.75) is 33.6 Å². The number of benzene rings is 1. The van der Waals surface area contributed by atoms with Crippen LogP contribution in [0.25, 0.3) is 27.7 Å². The summed E-state index contributed by atoms with van der Waals surface area (Å²) in [4.78, 5) is 15.9. The predicted octanol–water partition coefficient (Wildman–Crippen LogP) is 5.41. The fourth-order valence-corrected chi connectivity index (χ4v) is 4.43. The molecular weight excluding hydrogens is 386 g/mol. The molecule has 0 aliphatic heterocycles. The van der Waals surface area contributed by atoms with E-state index in [0.29, 0.717) is 6.42 Å². The zero-order valence-electron chi connectivity index (χ0n) is 16.5. The lowest BCUT2D eigenvalue weighted by Crippen LogP contribution is -1.99. The minimum Gasteiger partial charge on any atom is -0.481 e. The van der Waals surface area contributed by atoms with Gasteiger partial charge in [0.2, 0.25) is 0 Å². The molecule has 0 fully saturated rings. The summed E-state index contributed by atoms with van der Waals surface area (Å²) in [7, 11) is 0. The average Bonchev–Trinajstić information content (AvgIpc) is 3.36. The smallest absolute Gasteiger partial charge is 0.303 e. The Morgan fingerprint density at radius 1 is 1.21 bits per heavy atom. The molecule has 3 heterocycles. The summed E-state index contributed by atoms with van der Waals surface area (Å²) in [5, 5.41) is 14.2. The van der Waals surface area contributed by atoms with Gasteiger partial charge in [-0.25, -0.2) is 4.98 Å². The van der Waals surface area contributed by atoms with E-state index in [2.05, 4.69) is 11.2 Å². The largest absolute Gasteiger partial charge is 0.481 e. The van der Waals surface area contributed by atoms with Crippen LogP contribution in [0.3, 0.4) is 0 Å². The van der Waals surface area contributed by atoms with Gasteiger partial charge >= 0.3 is 5.97 Å². The molecule has 0 spiro atoms. The zero-order chi connectivity index (χ0) is 20.5. The fourth-order valence-electron chi connectivity index (χ4n) is 3.42. The number of allylic oxidation sites excluding steroid dienone is 1. The predicted molar refractivity (Wildman–Crippen MR) is 114 cm³/mol. The lowest BCUT2D eigenvalue weighted by Gasteiger charge is -2.05. The molecule has 0 aliphatic carbocycles. The van der Waals surface area contributed by atoms with Crippen molar-refractivity contribution in [2.75, 3.05) is 0 Å². The van der Waals surface area contributed by atoms with Crippen LogP contribution in [-0.4, -0.2) is 25.8 Å². The Labute approximate surface area is 172 Å². The molecule has 0 saturated heterocycles. The highest BCUT2D eigenvalue weighted by Crippen LogP contribution is 2.32. The Kier molecular flexibility index (Phi) is 5.07. The van der Waals surface area contributed by atoms with Gasteiger partial charge in [0.25, 0.3) is 0 Å². The van der Waals surface area contributed by atoms with Crippen LogP contribution >= 0.6 is 11.3 Å². The minimum absolute atomic E-state index is 0.0585. The third-order valence-electron chi connectivity index (χ3n) is 4.82. The van der Waals surface area contributed by atoms with Crippen molar-refractivity contribution in [3.05, 3.63) is 64.1 Å². The maximum Gasteiger partial charge on any atom is 0.303 e. The van der Waals surface area contributed by atoms with Crippen LogP contribution in [0.4, 0.5) is 0 Å². The lowest BCUT2D eigenvalue weighted by atomic mass is 10.1. The van der Waals surface area contributed by atoms with Crippen molar-refractivity contribution in [3.8, 4) is 5.82 Å². The van der Waals surface area contributed by atoms with Gasteiger partial charge in [-0.05, 0) is 62.6 Å². The number of hydrogen-bond donors (Lipinski definition) is 1. The quantitative estimate of drug-likeness (QED) is 0.462. The van der Waals surface area contributed by atoms with Crippen molar-refractivity contribution in [2.24, 2.45) is 0 Å². The van der Waals surface area contributed by atoms with E-state index >= 15 is 0 Å². The lowest BCUT2D eigenvalue weighted by molar-refractivity contribution is -0.136. The summed E-state index contributed by atoms with van der Waals surface area (Å²) in [5.41, 5.74) is 4.92. The molecule has 3 aromatic heterocycles. The Morgan fingerprint density at radius 2 is 2.00 bits per heavy atom. The van der Waals surface area contributed by atoms with Crippen LogP contribution in [0.15, 0.2) is 40.9 Å². The van der Waals surface area contributed by atoms with E-state index in [1.54, 1.807) is 11.3 Å². The molecule has 0 saturated carbocycles. The first-order valence-electron chi connectivity index (χ1n) is 9.33. The molecule has 0 unspecified atom stereocenters. The summed E-state index contributed by atoms with van der Waals surface area (Å²) >= 11 is 1.59. The molecule has 4 aromatic rings. The van der Waals surface area contributed by atoms with Crippen LogP contribution in [-0.2, 0) is 4.79 Å². The molecule has 0 radical (unpaired) electrons. The summed E-state index contributed by atoms with van der Waals surface area (Å²) < 4.78 is 8.35. The highest BCUT2D eigenvalue weighted by Gasteiger charge is 2.16. The molecule has 0 atom stereocenters. The first kappa shape index (κ1) is 19.1. The number of rotatable bonds is 6. The Bertz CT molecular complexity index is 1200. The topological polar surface area (TPSA) is 81.2 Å². The Balaban J connectivity index is 1.79. The van der Waals surface area contributed by atoms with Gasteiger partial charge < -0.3 is 9.63 Å². The van der Waals surface area contributed by atoms with Gasteiger partial charge in [-0.3, -0.25) is 9.36 Å². The third-order valence-corrected chi connectivity index (χ3v) is 5.93. The molecule has 4 rings (SSSR count). The first-order valence-corrected chi connectivity index (χ1v) is 10.1. The van der Waals surface area contributed by atoms with Gasteiger partial charge in [-0.1, -0.05) is 17.3 Å². The molecule has 1 aromatic carbocycles. The number of nitrogens with zero attached hydrogens (tertiary/aromatic N) is 3. The van der Waals surface area contributed by atoms with E-state index in [1.165, 1.54) is 0 Å². The van der Waals surface area contributed by atoms with Crippen LogP contribution in [0.2, 0.25) is 0 Å². The second-order valence-electron chi connectivity index (χ2n) is 7.01. The van der Waals surface area contributed by atoms with Gasteiger partial charge in [0.1, 0.15) is 10.8 Å². The number of carboxylic acid groups (broad SMARTS) is 1. The minimum atomic E-state index is -0.819. The number of hydrogen-bond acceptors (Lipinski definition) is 5. The Hall–Kier alpha value is -3.19. The van der Waals surface area contributed by atoms with E-state index in [1.807, 2.05) is 61.7 Å². The number of aryl methyl sites for hydroxylation is 2. The molecule has 0 aliphatic rings. The zero-order valence-corrected chi connectivity index (χ0v) is 17.3. The van der Waals surface area contributed by atoms with Gasteiger partial charge in [0.05, 0.1) is 10.2 Å². The standard InChI is InChI=1S/C22H21N3O3S/c1-13-10-17(15(3)25(13)20-11-14(2)28-24-20)12-16(8-9-21(26)27)22-23-18-6-4-5-7-19(18)29-22/h4-7,10-12H,8-9H2,1-3H3,(H,26,27)/b16-12+. The third kappa shape index (κ3) is 3.86. The number of aliphatic carboxylic acids is 1. The highest BCUT2D eigenvalue weighted by atomic mass is 32.1. The number of aromatic nitrogens is 3. The van der Waals surface area contributed by atoms with E-state index in [9.17, 15) is 9.90 Å². The van der Waals surface area contributed by atoms with Gasteiger partial charge in [0, 0.05) is 23.9 Å². The van der Waals surface area contributed by atoms with Crippen molar-refractivity contribution >= 4 is 39.2 Å². The second-order valence-corrected chi connectivity index (χ2v) is 8.04. The van der Waals surface area contributed by atoms with E-state index in [4.69, 9.17) is 9.51 Å². The summed E-state index contributed by atoms with van der Waals surface area (Å²) in [6.07, 6.45) is 2.53. The van der Waals surface area contributed by atoms with Crippen LogP contribution < -0.4 is 0 Å². The fraction of sp³-hybridized carbons (Fsp3) is 0.227. The second kappa shape index (κ2) is 7.67. The SMILES string of the molecule is Cc1cc(-n2c(C)cc(/C=C(\CCC(=O)O)c3nc4ccccc4s3)c2C)no1.